The normalized spacial score (nSPS) is 24.3. The predicted octanol–water partition coefficient (Wildman–Crippen LogP) is 1.42. The van der Waals surface area contributed by atoms with Crippen molar-refractivity contribution < 1.29 is 28.5 Å². The minimum atomic E-state index is -1.23. The van der Waals surface area contributed by atoms with Crippen molar-refractivity contribution >= 4 is 22.7 Å². The highest BCUT2D eigenvalue weighted by Crippen LogP contribution is 2.33. The van der Waals surface area contributed by atoms with E-state index in [0.717, 1.165) is 12.1 Å². The van der Waals surface area contributed by atoms with Crippen molar-refractivity contribution in [1.29, 1.82) is 0 Å². The molecule has 2 aromatic heterocycles. The molecule has 0 aliphatic carbocycles. The molecule has 4 rings (SSSR count). The highest BCUT2D eigenvalue weighted by Gasteiger charge is 2.44. The molecule has 1 aliphatic rings. The molecule has 4 atom stereocenters. The number of fused-ring (bicyclic) bond motifs is 1. The number of halogens is 2. The monoisotopic (exact) mass is 407 g/mol. The lowest BCUT2D eigenvalue weighted by Gasteiger charge is -2.17. The zero-order chi connectivity index (χ0) is 20.7. The first-order valence-electron chi connectivity index (χ1n) is 8.83. The van der Waals surface area contributed by atoms with Crippen LogP contribution >= 0.6 is 0 Å². The van der Waals surface area contributed by atoms with Crippen molar-refractivity contribution in [2.45, 2.75) is 31.5 Å². The quantitative estimate of drug-likeness (QED) is 0.582. The Bertz CT molecular complexity index is 1050. The summed E-state index contributed by atoms with van der Waals surface area (Å²) in [6.45, 7) is 1.74. The van der Waals surface area contributed by atoms with E-state index in [4.69, 9.17) is 9.47 Å². The van der Waals surface area contributed by atoms with E-state index >= 15 is 0 Å². The summed E-state index contributed by atoms with van der Waals surface area (Å²) in [6, 6.07) is 3.13. The van der Waals surface area contributed by atoms with E-state index < -0.39 is 36.2 Å². The smallest absolute Gasteiger partial charge is 0.167 e. The Labute approximate surface area is 163 Å². The second-order valence-electron chi connectivity index (χ2n) is 6.69. The Morgan fingerprint density at radius 3 is 2.76 bits per heavy atom. The molecule has 3 N–H and O–H groups in total. The number of hydrogen-bond donors (Lipinski definition) is 3. The van der Waals surface area contributed by atoms with Crippen molar-refractivity contribution in [2.75, 3.05) is 19.0 Å². The number of nitrogens with zero attached hydrogens (tertiary/aromatic N) is 4. The summed E-state index contributed by atoms with van der Waals surface area (Å²) in [5.74, 6) is -0.921. The standard InChI is InChI=1S/C18H19F2N5O4/c1-8-22-16(24-11-4-3-9(19)5-10(11)20)13-17(23-8)25(7-21-13)18-15(27)14(26)12(29-18)6-28-2/h3-5,7,12,14-15,18,26-27H,6H2,1-2H3,(H,22,23,24)/t12-,14-,15-,18-/m1/s1. The van der Waals surface area contributed by atoms with Gasteiger partial charge in [0.05, 0.1) is 18.6 Å². The first-order valence-corrected chi connectivity index (χ1v) is 8.83. The van der Waals surface area contributed by atoms with Crippen LogP contribution in [0.25, 0.3) is 11.2 Å². The zero-order valence-electron chi connectivity index (χ0n) is 15.6. The van der Waals surface area contributed by atoms with Gasteiger partial charge >= 0.3 is 0 Å². The SMILES string of the molecule is COC[C@H]1O[C@@H](n2cnc3c(Nc4ccc(F)cc4F)nc(C)nc32)[C@H](O)[C@@H]1O. The van der Waals surface area contributed by atoms with E-state index in [1.165, 1.54) is 24.1 Å². The molecule has 0 unspecified atom stereocenters. The molecule has 9 nitrogen and oxygen atoms in total. The summed E-state index contributed by atoms with van der Waals surface area (Å²) in [4.78, 5) is 12.8. The van der Waals surface area contributed by atoms with Gasteiger partial charge in [-0.15, -0.1) is 0 Å². The number of ether oxygens (including phenoxy) is 2. The fourth-order valence-electron chi connectivity index (χ4n) is 3.28. The van der Waals surface area contributed by atoms with Crippen molar-refractivity contribution in [3.8, 4) is 0 Å². The van der Waals surface area contributed by atoms with Crippen LogP contribution in [-0.2, 0) is 9.47 Å². The number of anilines is 2. The highest BCUT2D eigenvalue weighted by atomic mass is 19.1. The number of hydrogen-bond acceptors (Lipinski definition) is 8. The first kappa shape index (κ1) is 19.6. The molecule has 1 aliphatic heterocycles. The third kappa shape index (κ3) is 3.53. The molecular weight excluding hydrogens is 388 g/mol. The molecule has 1 saturated heterocycles. The molecule has 0 radical (unpaired) electrons. The topological polar surface area (TPSA) is 115 Å². The van der Waals surface area contributed by atoms with Crippen LogP contribution in [0.15, 0.2) is 24.5 Å². The third-order valence-corrected chi connectivity index (χ3v) is 4.66. The van der Waals surface area contributed by atoms with Gasteiger partial charge < -0.3 is 25.0 Å². The van der Waals surface area contributed by atoms with Gasteiger partial charge in [0, 0.05) is 13.2 Å². The lowest BCUT2D eigenvalue weighted by atomic mass is 10.1. The van der Waals surface area contributed by atoms with Crippen molar-refractivity contribution in [3.05, 3.63) is 42.0 Å². The van der Waals surface area contributed by atoms with E-state index in [1.54, 1.807) is 6.92 Å². The number of aromatic nitrogens is 4. The van der Waals surface area contributed by atoms with Crippen molar-refractivity contribution in [1.82, 2.24) is 19.5 Å². The van der Waals surface area contributed by atoms with Gasteiger partial charge in [-0.1, -0.05) is 0 Å². The molecule has 3 aromatic rings. The van der Waals surface area contributed by atoms with Crippen LogP contribution in [-0.4, -0.2) is 61.8 Å². The molecule has 154 valence electrons. The highest BCUT2D eigenvalue weighted by molar-refractivity contribution is 5.85. The lowest BCUT2D eigenvalue weighted by molar-refractivity contribution is -0.0580. The summed E-state index contributed by atoms with van der Waals surface area (Å²) in [7, 11) is 1.46. The molecule has 3 heterocycles. The van der Waals surface area contributed by atoms with Gasteiger partial charge in [0.2, 0.25) is 0 Å². The average Bonchev–Trinajstić information content (AvgIpc) is 3.20. The fraction of sp³-hybridized carbons (Fsp3) is 0.389. The molecule has 0 saturated carbocycles. The number of nitrogens with one attached hydrogen (secondary N) is 1. The van der Waals surface area contributed by atoms with Crippen LogP contribution < -0.4 is 5.32 Å². The summed E-state index contributed by atoms with van der Waals surface area (Å²) < 4.78 is 39.4. The van der Waals surface area contributed by atoms with Crippen molar-refractivity contribution in [3.63, 3.8) is 0 Å². The molecule has 0 spiro atoms. The summed E-state index contributed by atoms with van der Waals surface area (Å²) in [5, 5.41) is 23.4. The molecule has 29 heavy (non-hydrogen) atoms. The molecule has 1 fully saturated rings. The molecule has 0 amide bonds. The number of methoxy groups -OCH3 is 1. The molecular formula is C18H19F2N5O4. The summed E-state index contributed by atoms with van der Waals surface area (Å²) >= 11 is 0. The van der Waals surface area contributed by atoms with E-state index in [0.29, 0.717) is 17.0 Å². The minimum Gasteiger partial charge on any atom is -0.387 e. The first-order chi connectivity index (χ1) is 13.9. The Morgan fingerprint density at radius 1 is 1.24 bits per heavy atom. The molecule has 1 aromatic carbocycles. The second kappa shape index (κ2) is 7.59. The number of benzene rings is 1. The molecule has 11 heteroatoms. The van der Waals surface area contributed by atoms with Crippen LogP contribution in [0.1, 0.15) is 12.1 Å². The van der Waals surface area contributed by atoms with Crippen LogP contribution in [0.2, 0.25) is 0 Å². The number of rotatable bonds is 5. The van der Waals surface area contributed by atoms with Gasteiger partial charge in [-0.2, -0.15) is 0 Å². The number of aliphatic hydroxyl groups is 2. The largest absolute Gasteiger partial charge is 0.387 e. The summed E-state index contributed by atoms with van der Waals surface area (Å²) in [6.07, 6.45) is -2.65. The Kier molecular flexibility index (Phi) is 5.13. The maximum absolute atomic E-state index is 14.0. The maximum Gasteiger partial charge on any atom is 0.167 e. The Morgan fingerprint density at radius 2 is 2.03 bits per heavy atom. The van der Waals surface area contributed by atoms with Gasteiger partial charge in [0.15, 0.2) is 23.2 Å². The van der Waals surface area contributed by atoms with E-state index in [2.05, 4.69) is 20.3 Å². The van der Waals surface area contributed by atoms with Crippen LogP contribution in [0.3, 0.4) is 0 Å². The van der Waals surface area contributed by atoms with E-state index in [-0.39, 0.29) is 18.1 Å². The maximum atomic E-state index is 14.0. The van der Waals surface area contributed by atoms with E-state index in [9.17, 15) is 19.0 Å². The summed E-state index contributed by atoms with van der Waals surface area (Å²) in [5.41, 5.74) is 0.629. The van der Waals surface area contributed by atoms with Crippen LogP contribution in [0.4, 0.5) is 20.3 Å². The van der Waals surface area contributed by atoms with Gasteiger partial charge in [-0.05, 0) is 19.1 Å². The van der Waals surface area contributed by atoms with E-state index in [1.807, 2.05) is 0 Å². The fourth-order valence-corrected chi connectivity index (χ4v) is 3.28. The van der Waals surface area contributed by atoms with Gasteiger partial charge in [-0.25, -0.2) is 23.7 Å². The number of aliphatic hydroxyl groups excluding tert-OH is 2. The lowest BCUT2D eigenvalue weighted by Crippen LogP contribution is -2.33. The Hall–Kier alpha value is -2.73. The van der Waals surface area contributed by atoms with Gasteiger partial charge in [0.25, 0.3) is 0 Å². The van der Waals surface area contributed by atoms with Gasteiger partial charge in [-0.3, -0.25) is 4.57 Å². The zero-order valence-corrected chi connectivity index (χ0v) is 15.6. The van der Waals surface area contributed by atoms with Crippen LogP contribution in [0.5, 0.6) is 0 Å². The van der Waals surface area contributed by atoms with Gasteiger partial charge in [0.1, 0.15) is 35.8 Å². The Balaban J connectivity index is 1.72. The van der Waals surface area contributed by atoms with Crippen molar-refractivity contribution in [2.24, 2.45) is 0 Å². The number of imidazole rings is 1. The number of aryl methyl sites for hydroxylation is 1. The molecule has 0 bridgehead atoms. The predicted molar refractivity (Wildman–Crippen MR) is 97.5 cm³/mol. The second-order valence-corrected chi connectivity index (χ2v) is 6.69. The average molecular weight is 407 g/mol. The third-order valence-electron chi connectivity index (χ3n) is 4.66. The van der Waals surface area contributed by atoms with Crippen LogP contribution in [0, 0.1) is 18.6 Å². The minimum absolute atomic E-state index is 0.0214.